The van der Waals surface area contributed by atoms with Crippen LogP contribution in [0.3, 0.4) is 0 Å². The Kier molecular flexibility index (Phi) is 5.71. The van der Waals surface area contributed by atoms with Crippen LogP contribution >= 0.6 is 0 Å². The monoisotopic (exact) mass is 435 g/mol. The van der Waals surface area contributed by atoms with Crippen LogP contribution < -0.4 is 4.74 Å². The van der Waals surface area contributed by atoms with Crippen molar-refractivity contribution in [1.82, 2.24) is 4.90 Å². The molecule has 2 aromatic carbocycles. The van der Waals surface area contributed by atoms with Crippen LogP contribution in [-0.2, 0) is 4.74 Å². The molecule has 0 aromatic heterocycles. The minimum absolute atomic E-state index is 0.269. The Labute approximate surface area is 188 Å². The Morgan fingerprint density at radius 3 is 2.34 bits per heavy atom. The number of carbonyl (C=O) groups excluding carboxylic acids is 1. The molecule has 2 aromatic rings. The molecule has 4 rings (SSSR count). The summed E-state index contributed by atoms with van der Waals surface area (Å²) in [5.41, 5.74) is 2.53. The maximum absolute atomic E-state index is 12.5. The van der Waals surface area contributed by atoms with Crippen molar-refractivity contribution in [3.63, 3.8) is 0 Å². The molecule has 168 valence electrons. The zero-order chi connectivity index (χ0) is 22.9. The first-order valence-electron chi connectivity index (χ1n) is 10.9. The van der Waals surface area contributed by atoms with E-state index in [1.807, 2.05) is 51.1 Å². The standard InChI is InChI=1S/C26H29NO5/c1-25(2,3)32-24(30)27-14-12-26(13-15-27)17-20(21-6-4-5-7-22(21)31-26)16-18-8-10-19(11-9-18)23(28)29/h4-11,16H,12-15,17H2,1-3H3,(H,28,29)/b20-16+. The molecule has 2 heterocycles. The number of amides is 1. The van der Waals surface area contributed by atoms with Crippen molar-refractivity contribution in [3.05, 3.63) is 65.2 Å². The minimum atomic E-state index is -0.934. The zero-order valence-corrected chi connectivity index (χ0v) is 18.8. The fourth-order valence-corrected chi connectivity index (χ4v) is 4.29. The number of benzene rings is 2. The van der Waals surface area contributed by atoms with E-state index in [1.165, 1.54) is 0 Å². The second-order valence-electron chi connectivity index (χ2n) is 9.52. The van der Waals surface area contributed by atoms with Crippen LogP contribution in [0.2, 0.25) is 0 Å². The van der Waals surface area contributed by atoms with Crippen molar-refractivity contribution in [2.45, 2.75) is 51.2 Å². The third kappa shape index (κ3) is 4.79. The van der Waals surface area contributed by atoms with Crippen molar-refractivity contribution in [2.24, 2.45) is 0 Å². The third-order valence-electron chi connectivity index (χ3n) is 5.90. The second-order valence-corrected chi connectivity index (χ2v) is 9.52. The Morgan fingerprint density at radius 2 is 1.72 bits per heavy atom. The molecule has 6 heteroatoms. The van der Waals surface area contributed by atoms with Crippen molar-refractivity contribution in [2.75, 3.05) is 13.1 Å². The van der Waals surface area contributed by atoms with Crippen LogP contribution in [0.5, 0.6) is 5.75 Å². The summed E-state index contributed by atoms with van der Waals surface area (Å²) in [5.74, 6) is -0.0887. The highest BCUT2D eigenvalue weighted by molar-refractivity contribution is 5.89. The van der Waals surface area contributed by atoms with E-state index in [1.54, 1.807) is 17.0 Å². The second kappa shape index (κ2) is 8.34. The molecule has 1 fully saturated rings. The van der Waals surface area contributed by atoms with Crippen molar-refractivity contribution in [3.8, 4) is 5.75 Å². The summed E-state index contributed by atoms with van der Waals surface area (Å²) >= 11 is 0. The number of hydrogen-bond donors (Lipinski definition) is 1. The zero-order valence-electron chi connectivity index (χ0n) is 18.8. The Morgan fingerprint density at radius 1 is 1.06 bits per heavy atom. The summed E-state index contributed by atoms with van der Waals surface area (Å²) in [7, 11) is 0. The van der Waals surface area contributed by atoms with E-state index < -0.39 is 11.6 Å². The van der Waals surface area contributed by atoms with Crippen LogP contribution in [-0.4, -0.2) is 46.4 Å². The van der Waals surface area contributed by atoms with Crippen molar-refractivity contribution in [1.29, 1.82) is 0 Å². The van der Waals surface area contributed by atoms with Crippen LogP contribution in [0.25, 0.3) is 11.6 Å². The molecule has 0 saturated carbocycles. The van der Waals surface area contributed by atoms with Gasteiger partial charge in [0.05, 0.1) is 5.56 Å². The average molecular weight is 436 g/mol. The number of fused-ring (bicyclic) bond motifs is 1. The first-order valence-corrected chi connectivity index (χ1v) is 10.9. The van der Waals surface area contributed by atoms with Crippen LogP contribution in [0.15, 0.2) is 48.5 Å². The fourth-order valence-electron chi connectivity index (χ4n) is 4.29. The van der Waals surface area contributed by atoms with Gasteiger partial charge in [0.25, 0.3) is 0 Å². The molecule has 0 bridgehead atoms. The summed E-state index contributed by atoms with van der Waals surface area (Å²) < 4.78 is 12.0. The molecule has 0 radical (unpaired) electrons. The molecule has 1 N–H and O–H groups in total. The molecule has 0 atom stereocenters. The van der Waals surface area contributed by atoms with Gasteiger partial charge in [-0.15, -0.1) is 0 Å². The first-order chi connectivity index (χ1) is 15.1. The van der Waals surface area contributed by atoms with Crippen LogP contribution in [0.1, 0.15) is 61.5 Å². The van der Waals surface area contributed by atoms with E-state index in [4.69, 9.17) is 14.6 Å². The largest absolute Gasteiger partial charge is 0.486 e. The number of piperidine rings is 1. The van der Waals surface area contributed by atoms with Gasteiger partial charge in [-0.2, -0.15) is 0 Å². The normalized spacial score (nSPS) is 18.7. The van der Waals surface area contributed by atoms with Crippen molar-refractivity contribution < 1.29 is 24.2 Å². The lowest BCUT2D eigenvalue weighted by atomic mass is 9.80. The predicted molar refractivity (Wildman–Crippen MR) is 123 cm³/mol. The summed E-state index contributed by atoms with van der Waals surface area (Å²) in [6, 6.07) is 14.9. The summed E-state index contributed by atoms with van der Waals surface area (Å²) in [6.07, 6.45) is 3.99. The smallest absolute Gasteiger partial charge is 0.410 e. The fraction of sp³-hybridized carbons (Fsp3) is 0.385. The van der Waals surface area contributed by atoms with Crippen molar-refractivity contribution >= 4 is 23.7 Å². The highest BCUT2D eigenvalue weighted by Crippen LogP contribution is 2.45. The van der Waals surface area contributed by atoms with Gasteiger partial charge in [0.2, 0.25) is 0 Å². The van der Waals surface area contributed by atoms with E-state index in [-0.39, 0.29) is 17.3 Å². The van der Waals surface area contributed by atoms with Crippen LogP contribution in [0, 0.1) is 0 Å². The number of carbonyl (C=O) groups is 2. The van der Waals surface area contributed by atoms with E-state index in [0.29, 0.717) is 13.1 Å². The SMILES string of the molecule is CC(C)(C)OC(=O)N1CCC2(CC1)C/C(=C\c1ccc(C(=O)O)cc1)c1ccccc1O2. The summed E-state index contributed by atoms with van der Waals surface area (Å²) in [4.78, 5) is 25.4. The molecule has 0 unspecified atom stereocenters. The topological polar surface area (TPSA) is 76.1 Å². The van der Waals surface area contributed by atoms with E-state index in [9.17, 15) is 9.59 Å². The molecular weight excluding hydrogens is 406 g/mol. The van der Waals surface area contributed by atoms with Gasteiger partial charge in [-0.1, -0.05) is 36.4 Å². The lowest BCUT2D eigenvalue weighted by molar-refractivity contribution is -0.0179. The van der Waals surface area contributed by atoms with Crippen LogP contribution in [0.4, 0.5) is 4.79 Å². The minimum Gasteiger partial charge on any atom is -0.486 e. The Hall–Kier alpha value is -3.28. The number of carboxylic acid groups (broad SMARTS) is 1. The number of likely N-dealkylation sites (tertiary alicyclic amines) is 1. The number of para-hydroxylation sites is 1. The van der Waals surface area contributed by atoms with Gasteiger partial charge in [-0.05, 0) is 50.1 Å². The molecule has 0 aliphatic carbocycles. The molecular formula is C26H29NO5. The van der Waals surface area contributed by atoms with Gasteiger partial charge >= 0.3 is 12.1 Å². The molecule has 2 aliphatic heterocycles. The van der Waals surface area contributed by atoms with Gasteiger partial charge in [-0.25, -0.2) is 9.59 Å². The number of hydrogen-bond acceptors (Lipinski definition) is 4. The van der Waals surface area contributed by atoms with E-state index >= 15 is 0 Å². The number of ether oxygens (including phenoxy) is 2. The summed E-state index contributed by atoms with van der Waals surface area (Å²) in [5, 5.41) is 9.15. The molecule has 1 amide bonds. The highest BCUT2D eigenvalue weighted by Gasteiger charge is 2.42. The van der Waals surface area contributed by atoms with Gasteiger partial charge in [-0.3, -0.25) is 0 Å². The Bertz CT molecular complexity index is 1040. The van der Waals surface area contributed by atoms with Gasteiger partial charge in [0, 0.05) is 37.9 Å². The van der Waals surface area contributed by atoms with Gasteiger partial charge in [0.15, 0.2) is 0 Å². The maximum atomic E-state index is 12.5. The maximum Gasteiger partial charge on any atom is 0.410 e. The lowest BCUT2D eigenvalue weighted by Crippen LogP contribution is -2.51. The van der Waals surface area contributed by atoms with Gasteiger partial charge < -0.3 is 19.5 Å². The number of aromatic carboxylic acids is 1. The molecule has 6 nitrogen and oxygen atoms in total. The number of rotatable bonds is 2. The number of nitrogens with zero attached hydrogens (tertiary/aromatic N) is 1. The Balaban J connectivity index is 1.56. The lowest BCUT2D eigenvalue weighted by Gasteiger charge is -2.45. The molecule has 32 heavy (non-hydrogen) atoms. The quantitative estimate of drug-likeness (QED) is 0.676. The molecule has 2 aliphatic rings. The van der Waals surface area contributed by atoms with Gasteiger partial charge in [0.1, 0.15) is 17.0 Å². The number of carboxylic acids is 1. The first kappa shape index (κ1) is 21.9. The predicted octanol–water partition coefficient (Wildman–Crippen LogP) is 5.48. The molecule has 1 saturated heterocycles. The summed E-state index contributed by atoms with van der Waals surface area (Å²) in [6.45, 7) is 6.78. The average Bonchev–Trinajstić information content (AvgIpc) is 2.73. The highest BCUT2D eigenvalue weighted by atomic mass is 16.6. The van der Waals surface area contributed by atoms with E-state index in [0.717, 1.165) is 41.7 Å². The third-order valence-corrected chi connectivity index (χ3v) is 5.90. The molecule has 1 spiro atoms. The van der Waals surface area contributed by atoms with E-state index in [2.05, 4.69) is 12.1 Å².